The number of benzene rings is 2. The van der Waals surface area contributed by atoms with Gasteiger partial charge in [0.15, 0.2) is 0 Å². The maximum absolute atomic E-state index is 13.9. The number of aryl methyl sites for hydroxylation is 3. The van der Waals surface area contributed by atoms with Crippen molar-refractivity contribution < 1.29 is 9.59 Å². The lowest BCUT2D eigenvalue weighted by molar-refractivity contribution is -0.114. The third-order valence-electron chi connectivity index (χ3n) is 15.7. The molecule has 3 aliphatic rings. The van der Waals surface area contributed by atoms with E-state index in [4.69, 9.17) is 26.4 Å². The molecular formula is C68H92N12O2S. The zero-order valence-electron chi connectivity index (χ0n) is 51.0. The number of carbonyl (C=O) groups is 2. The van der Waals surface area contributed by atoms with Crippen LogP contribution in [0.15, 0.2) is 161 Å². The summed E-state index contributed by atoms with van der Waals surface area (Å²) in [5.74, 6) is 1.26. The van der Waals surface area contributed by atoms with E-state index in [2.05, 4.69) is 159 Å². The molecule has 7 N–H and O–H groups in total. The number of rotatable bonds is 32. The molecular weight excluding hydrogens is 1050 g/mol. The molecule has 1 fully saturated rings. The predicted octanol–water partition coefficient (Wildman–Crippen LogP) is 13.6. The maximum Gasteiger partial charge on any atom is 0.276 e. The van der Waals surface area contributed by atoms with Crippen molar-refractivity contribution in [2.24, 2.45) is 32.4 Å². The Morgan fingerprint density at radius 1 is 0.904 bits per heavy atom. The van der Waals surface area contributed by atoms with Gasteiger partial charge in [-0.05, 0) is 143 Å². The number of hydrogen-bond donors (Lipinski definition) is 6. The molecule has 0 radical (unpaired) electrons. The number of nitrogens with two attached hydrogens (primary N) is 2. The Morgan fingerprint density at radius 3 is 2.18 bits per heavy atom. The summed E-state index contributed by atoms with van der Waals surface area (Å²) in [5.41, 5.74) is 32.3. The summed E-state index contributed by atoms with van der Waals surface area (Å²) in [7, 11) is 0. The fourth-order valence-corrected chi connectivity index (χ4v) is 11.6. The molecule has 0 spiro atoms. The number of amidine groups is 1. The van der Waals surface area contributed by atoms with E-state index < -0.39 is 0 Å². The van der Waals surface area contributed by atoms with E-state index in [-0.39, 0.29) is 17.2 Å². The molecule has 2 aromatic carbocycles. The van der Waals surface area contributed by atoms with Gasteiger partial charge in [0, 0.05) is 130 Å². The van der Waals surface area contributed by atoms with Crippen molar-refractivity contribution in [2.45, 2.75) is 157 Å². The van der Waals surface area contributed by atoms with Gasteiger partial charge in [-0.3, -0.25) is 14.8 Å². The van der Waals surface area contributed by atoms with Crippen LogP contribution in [0.4, 0.5) is 11.6 Å². The van der Waals surface area contributed by atoms with Gasteiger partial charge in [-0.25, -0.2) is 4.98 Å². The molecule has 2 unspecified atom stereocenters. The van der Waals surface area contributed by atoms with Crippen LogP contribution < -0.4 is 32.3 Å². The molecule has 4 heterocycles. The van der Waals surface area contributed by atoms with Crippen LogP contribution in [-0.2, 0) is 29.0 Å². The number of carbonyl (C=O) groups excluding carboxylic acids is 2. The zero-order chi connectivity index (χ0) is 60.8. The smallest absolute Gasteiger partial charge is 0.276 e. The molecule has 0 aliphatic carbocycles. The van der Waals surface area contributed by atoms with Crippen LogP contribution in [0.3, 0.4) is 0 Å². The Kier molecular flexibility index (Phi) is 23.0. The first-order chi connectivity index (χ1) is 39.5. The second-order valence-electron chi connectivity index (χ2n) is 22.6. The van der Waals surface area contributed by atoms with Crippen molar-refractivity contribution in [3.8, 4) is 0 Å². The average Bonchev–Trinajstić information content (AvgIpc) is 4.15. The van der Waals surface area contributed by atoms with Gasteiger partial charge in [-0.2, -0.15) is 17.6 Å². The highest BCUT2D eigenvalue weighted by molar-refractivity contribution is 7.81. The molecule has 0 bridgehead atoms. The summed E-state index contributed by atoms with van der Waals surface area (Å²) in [6, 6.07) is 8.12. The monoisotopic (exact) mass is 1140 g/mol. The molecule has 6 rings (SSSR count). The largest absolute Gasteiger partial charge is 0.399 e. The molecule has 3 aromatic rings. The number of fused-ring (bicyclic) bond motifs is 1. The molecule has 0 saturated carbocycles. The number of aromatic nitrogens is 2. The van der Waals surface area contributed by atoms with Gasteiger partial charge in [0.25, 0.3) is 5.91 Å². The summed E-state index contributed by atoms with van der Waals surface area (Å²) in [6.07, 6.45) is 14.7. The Hall–Kier alpha value is -7.65. The molecule has 1 aromatic heterocycles. The van der Waals surface area contributed by atoms with Crippen molar-refractivity contribution in [1.29, 1.82) is 0 Å². The van der Waals surface area contributed by atoms with E-state index in [1.807, 2.05) is 32.9 Å². The van der Waals surface area contributed by atoms with Gasteiger partial charge in [0.2, 0.25) is 5.95 Å². The van der Waals surface area contributed by atoms with Gasteiger partial charge in [-0.1, -0.05) is 98.1 Å². The summed E-state index contributed by atoms with van der Waals surface area (Å²) in [5, 5.41) is 10.7. The highest BCUT2D eigenvalue weighted by Crippen LogP contribution is 2.35. The Bertz CT molecular complexity index is 3280. The van der Waals surface area contributed by atoms with Crippen molar-refractivity contribution >= 4 is 76.1 Å². The minimum Gasteiger partial charge on any atom is -0.399 e. The lowest BCUT2D eigenvalue weighted by Gasteiger charge is -2.28. The Balaban J connectivity index is 1.22. The van der Waals surface area contributed by atoms with Crippen LogP contribution in [0, 0.1) is 12.8 Å². The lowest BCUT2D eigenvalue weighted by atomic mass is 9.96. The highest BCUT2D eigenvalue weighted by atomic mass is 32.1. The normalized spacial score (nSPS) is 16.2. The van der Waals surface area contributed by atoms with Gasteiger partial charge >= 0.3 is 0 Å². The van der Waals surface area contributed by atoms with Crippen molar-refractivity contribution in [3.63, 3.8) is 0 Å². The Morgan fingerprint density at radius 2 is 1.55 bits per heavy atom. The Labute approximate surface area is 500 Å². The molecule has 3 atom stereocenters. The molecule has 14 nitrogen and oxygen atoms in total. The number of imidazole rings is 1. The van der Waals surface area contributed by atoms with Crippen molar-refractivity contribution in [3.05, 3.63) is 173 Å². The van der Waals surface area contributed by atoms with E-state index in [0.29, 0.717) is 86.5 Å². The number of thiol groups is 1. The molecule has 83 heavy (non-hydrogen) atoms. The van der Waals surface area contributed by atoms with Gasteiger partial charge < -0.3 is 46.6 Å². The lowest BCUT2D eigenvalue weighted by Crippen LogP contribution is -2.39. The number of nitrogens with zero attached hydrogens (tertiary/aromatic N) is 7. The van der Waals surface area contributed by atoms with E-state index >= 15 is 0 Å². The highest BCUT2D eigenvalue weighted by Gasteiger charge is 2.29. The van der Waals surface area contributed by atoms with Crippen LogP contribution in [-0.4, -0.2) is 74.8 Å². The summed E-state index contributed by atoms with van der Waals surface area (Å²) < 4.78 is 2.22. The number of hydrogen-bond acceptors (Lipinski definition) is 12. The minimum atomic E-state index is -0.266. The van der Waals surface area contributed by atoms with E-state index in [1.165, 1.54) is 5.57 Å². The standard InChI is InChI=1S/C68H92N12O2S/c1-17-54-36-56(48(11)69)32-43(6)65(54)78(53(16)76-67(82)59-34-45(8)73-61(59)19-3)28-22-23-29-79-66-55(37-57(49(12)70)38-63(66)77-68(79)75-50(13)58-33-44(7)72-60(58)18-2)26-21-20-25-41(4)31-42(5)39-71-51(14)62(27-24-30-81)74-46(9)40-80-47(10)35-64(83)52(80)15/h22-23,30,32,36-38,42,62,64,71,74,83H,4,9-15,17-21,24-29,31,33-35,39-40,69-70H2,1-3,5-8,16H3,(H,75,77)/b23-22+,76-53?/t42?,62-,64?/m0/s1. The number of anilines is 2. The first-order valence-corrected chi connectivity index (χ1v) is 29.9. The first kappa shape index (κ1) is 64.5. The van der Waals surface area contributed by atoms with Gasteiger partial charge in [-0.15, -0.1) is 0 Å². The quantitative estimate of drug-likeness (QED) is 0.00878. The average molecular weight is 1140 g/mol. The van der Waals surface area contributed by atoms with E-state index in [0.717, 1.165) is 165 Å². The van der Waals surface area contributed by atoms with Crippen molar-refractivity contribution in [1.82, 2.24) is 25.1 Å². The van der Waals surface area contributed by atoms with Gasteiger partial charge in [0.1, 0.15) is 12.1 Å². The van der Waals surface area contributed by atoms with E-state index in [9.17, 15) is 9.59 Å². The van der Waals surface area contributed by atoms with Crippen LogP contribution >= 0.6 is 12.6 Å². The predicted molar refractivity (Wildman–Crippen MR) is 356 cm³/mol. The van der Waals surface area contributed by atoms with Crippen LogP contribution in [0.1, 0.15) is 147 Å². The van der Waals surface area contributed by atoms with Crippen LogP contribution in [0.5, 0.6) is 0 Å². The summed E-state index contributed by atoms with van der Waals surface area (Å²) in [6.45, 7) is 52.8. The SMILES string of the molecule is C=C(CCCCc1cc(C(=C)N)cc2nc(NC(=C)C3=C(CC)N=C(C)C3)n(C/C=C/CN(C(C)=NC(=O)C3=C(CC)N=C(C)C3)c3c(C)cc(C(=C)N)cc3CC)c12)CC(C)CNC(=C)[C@H](CCC=O)NC(=C)CN1C(=C)CC(S)C1=C. The van der Waals surface area contributed by atoms with E-state index in [1.54, 1.807) is 0 Å². The minimum absolute atomic E-state index is 0.0489. The maximum atomic E-state index is 13.9. The number of unbranched alkanes of at least 4 members (excludes halogenated alkanes) is 1. The van der Waals surface area contributed by atoms with Crippen molar-refractivity contribution in [2.75, 3.05) is 29.9 Å². The molecule has 15 heteroatoms. The number of likely N-dealkylation sites (tertiary alicyclic amines) is 1. The van der Waals surface area contributed by atoms with Crippen LogP contribution in [0.2, 0.25) is 0 Å². The van der Waals surface area contributed by atoms with Gasteiger partial charge in [0.05, 0.1) is 23.6 Å². The zero-order valence-corrected chi connectivity index (χ0v) is 51.9. The third-order valence-corrected chi connectivity index (χ3v) is 16.1. The second kappa shape index (κ2) is 29.5. The molecule has 1 amide bonds. The summed E-state index contributed by atoms with van der Waals surface area (Å²) in [4.78, 5) is 49.1. The number of amides is 1. The number of aldehydes is 1. The summed E-state index contributed by atoms with van der Waals surface area (Å²) >= 11 is 4.64. The molecule has 3 aliphatic heterocycles. The molecule has 442 valence electrons. The van der Waals surface area contributed by atoms with Crippen LogP contribution in [0.25, 0.3) is 22.4 Å². The topological polar surface area (TPSA) is 184 Å². The number of nitrogens with one attached hydrogen (secondary N) is 3. The number of allylic oxidation sites excluding steroid dienone is 6. The fraction of sp³-hybridized carbons (Fsp3) is 0.412. The molecule has 1 saturated heterocycles. The third kappa shape index (κ3) is 16.5. The second-order valence-corrected chi connectivity index (χ2v) is 23.2. The first-order valence-electron chi connectivity index (χ1n) is 29.3. The number of aliphatic imine (C=N–C) groups is 3. The fourth-order valence-electron chi connectivity index (χ4n) is 11.3.